The summed E-state index contributed by atoms with van der Waals surface area (Å²) in [5.74, 6) is 10.5. The highest BCUT2D eigenvalue weighted by Crippen LogP contribution is 2.15. The lowest BCUT2D eigenvalue weighted by Crippen LogP contribution is -2.50. The predicted molar refractivity (Wildman–Crippen MR) is 148 cm³/mol. The topological polar surface area (TPSA) is 168 Å². The molecule has 204 valence electrons. The van der Waals surface area contributed by atoms with Crippen LogP contribution in [0.4, 0.5) is 5.69 Å². The zero-order valence-electron chi connectivity index (χ0n) is 21.7. The summed E-state index contributed by atoms with van der Waals surface area (Å²) < 4.78 is 5.25. The molecule has 0 radical (unpaired) electrons. The normalized spacial score (nSPS) is 10.6. The summed E-state index contributed by atoms with van der Waals surface area (Å²) >= 11 is 0. The Morgan fingerprint density at radius 1 is 1.00 bits per heavy atom. The summed E-state index contributed by atoms with van der Waals surface area (Å²) in [4.78, 5) is 39.9. The molecule has 1 aromatic heterocycles. The van der Waals surface area contributed by atoms with Crippen molar-refractivity contribution in [1.82, 2.24) is 21.1 Å². The molecule has 0 aliphatic heterocycles. The molecule has 0 aliphatic carbocycles. The Morgan fingerprint density at radius 3 is 2.25 bits per heavy atom. The van der Waals surface area contributed by atoms with E-state index < -0.39 is 17.9 Å². The van der Waals surface area contributed by atoms with Gasteiger partial charge in [0.05, 0.1) is 19.9 Å². The fourth-order valence-corrected chi connectivity index (χ4v) is 3.35. The van der Waals surface area contributed by atoms with E-state index in [1.165, 1.54) is 5.48 Å². The van der Waals surface area contributed by atoms with Gasteiger partial charge in [0.15, 0.2) is 0 Å². The highest BCUT2D eigenvalue weighted by atomic mass is 16.5. The van der Waals surface area contributed by atoms with Crippen LogP contribution in [-0.2, 0) is 16.1 Å². The molecule has 0 fully saturated rings. The summed E-state index contributed by atoms with van der Waals surface area (Å²) in [6.45, 7) is 0.428. The fourth-order valence-electron chi connectivity index (χ4n) is 3.35. The summed E-state index contributed by atoms with van der Waals surface area (Å²) in [5.41, 5.74) is 10.1. The van der Waals surface area contributed by atoms with Gasteiger partial charge in [-0.25, -0.2) is 5.48 Å². The Morgan fingerprint density at radius 2 is 1.65 bits per heavy atom. The van der Waals surface area contributed by atoms with Crippen LogP contribution in [0.2, 0.25) is 0 Å². The molecule has 40 heavy (non-hydrogen) atoms. The first-order valence-corrected chi connectivity index (χ1v) is 12.1. The van der Waals surface area contributed by atoms with Gasteiger partial charge in [0, 0.05) is 47.2 Å². The van der Waals surface area contributed by atoms with Crippen molar-refractivity contribution in [3.63, 3.8) is 0 Å². The maximum Gasteiger partial charge on any atom is 0.267 e. The van der Waals surface area contributed by atoms with Crippen molar-refractivity contribution in [2.75, 3.05) is 25.5 Å². The highest BCUT2D eigenvalue weighted by Gasteiger charge is 2.19. The van der Waals surface area contributed by atoms with Crippen molar-refractivity contribution in [3.8, 4) is 29.4 Å². The molecule has 11 nitrogen and oxygen atoms in total. The van der Waals surface area contributed by atoms with Crippen molar-refractivity contribution >= 4 is 23.4 Å². The second-order valence-electron chi connectivity index (χ2n) is 8.23. The molecule has 1 atom stereocenters. The van der Waals surface area contributed by atoms with Gasteiger partial charge in [0.25, 0.3) is 11.8 Å². The Labute approximate surface area is 231 Å². The first kappa shape index (κ1) is 29.4. The van der Waals surface area contributed by atoms with E-state index in [2.05, 4.69) is 44.6 Å². The van der Waals surface area contributed by atoms with Crippen molar-refractivity contribution in [1.29, 1.82) is 0 Å². The van der Waals surface area contributed by atoms with E-state index in [4.69, 9.17) is 15.7 Å². The van der Waals surface area contributed by atoms with Gasteiger partial charge in [0.2, 0.25) is 5.91 Å². The minimum atomic E-state index is -1.05. The van der Waals surface area contributed by atoms with Crippen LogP contribution in [0.5, 0.6) is 5.75 Å². The number of rotatable bonds is 10. The predicted octanol–water partition coefficient (Wildman–Crippen LogP) is 0.784. The van der Waals surface area contributed by atoms with Crippen molar-refractivity contribution in [2.24, 2.45) is 5.73 Å². The van der Waals surface area contributed by atoms with Crippen LogP contribution < -0.4 is 31.9 Å². The number of amides is 3. The summed E-state index contributed by atoms with van der Waals surface area (Å²) in [6.07, 6.45) is 3.29. The van der Waals surface area contributed by atoms with Gasteiger partial charge in [-0.3, -0.25) is 24.6 Å². The summed E-state index contributed by atoms with van der Waals surface area (Å²) in [5, 5.41) is 17.0. The molecule has 0 saturated heterocycles. The Balaban J connectivity index is 1.47. The molecule has 3 amide bonds. The van der Waals surface area contributed by atoms with Crippen LogP contribution in [0.3, 0.4) is 0 Å². The summed E-state index contributed by atoms with van der Waals surface area (Å²) in [6, 6.07) is 14.2. The number of nitrogens with zero attached hydrogens (tertiary/aromatic N) is 1. The molecule has 1 heterocycles. The van der Waals surface area contributed by atoms with Gasteiger partial charge < -0.3 is 26.4 Å². The summed E-state index contributed by atoms with van der Waals surface area (Å²) in [7, 11) is 1.57. The Bertz CT molecular complexity index is 1450. The molecule has 0 spiro atoms. The molecule has 3 rings (SSSR count). The standard InChI is InChI=1S/C29H28N6O5/c1-40-26-18-31-15-14-23(26)17-32-19-27(36)33-24-12-8-21(9-13-24)5-3-2-4-20-6-10-22(11-7-20)28(37)34-25(16-30)29(38)35-39/h6-15,18,25,32,39H,16-17,19,30H2,1H3,(H,33,36)(H,34,37)(H,35,38)/t25-/m0/s1. The first-order valence-electron chi connectivity index (χ1n) is 12.1. The maximum atomic E-state index is 12.2. The third kappa shape index (κ3) is 8.97. The molecule has 11 heteroatoms. The van der Waals surface area contributed by atoms with Gasteiger partial charge in [0.1, 0.15) is 11.8 Å². The molecule has 0 bridgehead atoms. The third-order valence-electron chi connectivity index (χ3n) is 5.45. The lowest BCUT2D eigenvalue weighted by atomic mass is 10.1. The van der Waals surface area contributed by atoms with E-state index in [1.54, 1.807) is 68.0 Å². The minimum Gasteiger partial charge on any atom is -0.495 e. The number of carbonyl (C=O) groups excluding carboxylic acids is 3. The average Bonchev–Trinajstić information content (AvgIpc) is 2.99. The number of benzene rings is 2. The number of carbonyl (C=O) groups is 3. The lowest BCUT2D eigenvalue weighted by Gasteiger charge is -2.14. The van der Waals surface area contributed by atoms with Gasteiger partial charge in [-0.1, -0.05) is 11.8 Å². The van der Waals surface area contributed by atoms with Crippen LogP contribution in [0.15, 0.2) is 67.0 Å². The van der Waals surface area contributed by atoms with E-state index in [0.29, 0.717) is 29.1 Å². The van der Waals surface area contributed by atoms with E-state index in [1.807, 2.05) is 6.07 Å². The number of ether oxygens (including phenoxy) is 1. The molecule has 0 unspecified atom stereocenters. The number of nitrogens with two attached hydrogens (primary N) is 1. The molecular formula is C29H28N6O5. The molecule has 0 aliphatic rings. The second kappa shape index (κ2) is 15.3. The SMILES string of the molecule is COc1cnccc1CNCC(=O)Nc1ccc(C#CC#Cc2ccc(C(=O)N[C@@H](CN)C(=O)NO)cc2)cc1. The molecule has 2 aromatic carbocycles. The zero-order valence-corrected chi connectivity index (χ0v) is 21.7. The van der Waals surface area contributed by atoms with E-state index >= 15 is 0 Å². The zero-order chi connectivity index (χ0) is 28.7. The van der Waals surface area contributed by atoms with E-state index in [-0.39, 0.29) is 19.0 Å². The van der Waals surface area contributed by atoms with E-state index in [9.17, 15) is 14.4 Å². The molecule has 0 saturated carbocycles. The average molecular weight is 541 g/mol. The quantitative estimate of drug-likeness (QED) is 0.125. The lowest BCUT2D eigenvalue weighted by molar-refractivity contribution is -0.130. The number of hydrogen-bond acceptors (Lipinski definition) is 8. The number of nitrogens with one attached hydrogen (secondary N) is 4. The van der Waals surface area contributed by atoms with Crippen LogP contribution >= 0.6 is 0 Å². The van der Waals surface area contributed by atoms with Crippen LogP contribution in [0.1, 0.15) is 27.0 Å². The van der Waals surface area contributed by atoms with Crippen molar-refractivity contribution in [2.45, 2.75) is 12.6 Å². The van der Waals surface area contributed by atoms with Crippen molar-refractivity contribution < 1.29 is 24.3 Å². The number of pyridine rings is 1. The number of methoxy groups -OCH3 is 1. The van der Waals surface area contributed by atoms with E-state index in [0.717, 1.165) is 11.1 Å². The number of hydroxylamine groups is 1. The molecule has 3 aromatic rings. The van der Waals surface area contributed by atoms with Gasteiger partial charge in [-0.2, -0.15) is 0 Å². The Kier molecular flexibility index (Phi) is 11.2. The van der Waals surface area contributed by atoms with Crippen LogP contribution in [0.25, 0.3) is 0 Å². The highest BCUT2D eigenvalue weighted by molar-refractivity contribution is 5.97. The largest absolute Gasteiger partial charge is 0.495 e. The smallest absolute Gasteiger partial charge is 0.267 e. The van der Waals surface area contributed by atoms with Gasteiger partial charge >= 0.3 is 0 Å². The second-order valence-corrected chi connectivity index (χ2v) is 8.23. The molecule has 7 N–H and O–H groups in total. The van der Waals surface area contributed by atoms with Gasteiger partial charge in [-0.15, -0.1) is 0 Å². The molecular weight excluding hydrogens is 512 g/mol. The van der Waals surface area contributed by atoms with Crippen LogP contribution in [-0.4, -0.2) is 54.2 Å². The van der Waals surface area contributed by atoms with Gasteiger partial charge in [-0.05, 0) is 66.4 Å². The maximum absolute atomic E-state index is 12.2. The minimum absolute atomic E-state index is 0.128. The Hall–Kier alpha value is -5.20. The fraction of sp³-hybridized carbons (Fsp3) is 0.172. The number of anilines is 1. The number of aromatic nitrogens is 1. The first-order chi connectivity index (χ1) is 19.4. The third-order valence-corrected chi connectivity index (χ3v) is 5.45. The van der Waals surface area contributed by atoms with Crippen LogP contribution in [0, 0.1) is 23.7 Å². The monoisotopic (exact) mass is 540 g/mol. The van der Waals surface area contributed by atoms with Crippen molar-refractivity contribution in [3.05, 3.63) is 89.2 Å². The number of hydrogen-bond donors (Lipinski definition) is 6.